The lowest BCUT2D eigenvalue weighted by Crippen LogP contribution is -2.14. The fraction of sp³-hybridized carbons (Fsp3) is 0.304. The number of hydrogen-bond acceptors (Lipinski definition) is 5. The van der Waals surface area contributed by atoms with E-state index in [9.17, 15) is 10.1 Å². The molecule has 1 amide bonds. The number of rotatable bonds is 9. The molecule has 0 aliphatic heterocycles. The van der Waals surface area contributed by atoms with Crippen LogP contribution in [0.3, 0.4) is 0 Å². The Hall–Kier alpha value is -3.21. The molecular formula is C23H24ClN3O4. The third kappa shape index (κ3) is 5.10. The molecule has 31 heavy (non-hydrogen) atoms. The minimum Gasteiger partial charge on any atom is -0.491 e. The molecule has 0 aliphatic carbocycles. The van der Waals surface area contributed by atoms with Gasteiger partial charge in [0, 0.05) is 30.8 Å². The van der Waals surface area contributed by atoms with Crippen molar-refractivity contribution in [3.63, 3.8) is 0 Å². The van der Waals surface area contributed by atoms with Gasteiger partial charge in [-0.1, -0.05) is 12.1 Å². The Morgan fingerprint density at radius 2 is 1.94 bits per heavy atom. The molecule has 1 aromatic heterocycles. The van der Waals surface area contributed by atoms with E-state index in [-0.39, 0.29) is 12.5 Å². The van der Waals surface area contributed by atoms with Crippen molar-refractivity contribution in [1.29, 1.82) is 5.26 Å². The van der Waals surface area contributed by atoms with Crippen LogP contribution < -0.4 is 10.1 Å². The first kappa shape index (κ1) is 22.5. The van der Waals surface area contributed by atoms with Crippen LogP contribution in [0.25, 0.3) is 22.2 Å². The Bertz CT molecular complexity index is 1090. The molecule has 7 nitrogen and oxygen atoms in total. The van der Waals surface area contributed by atoms with Crippen LogP contribution in [0.15, 0.2) is 42.5 Å². The summed E-state index contributed by atoms with van der Waals surface area (Å²) in [7, 11) is 1.63. The molecule has 3 rings (SSSR count). The summed E-state index contributed by atoms with van der Waals surface area (Å²) in [5.41, 5.74) is 3.81. The van der Waals surface area contributed by atoms with Gasteiger partial charge in [0.1, 0.15) is 25.0 Å². The van der Waals surface area contributed by atoms with Crippen LogP contribution in [0.2, 0.25) is 0 Å². The van der Waals surface area contributed by atoms with Crippen molar-refractivity contribution in [3.8, 4) is 23.1 Å². The summed E-state index contributed by atoms with van der Waals surface area (Å²) in [6.07, 6.45) is -0.560. The Kier molecular flexibility index (Phi) is 7.76. The van der Waals surface area contributed by atoms with Gasteiger partial charge in [-0.3, -0.25) is 5.32 Å². The van der Waals surface area contributed by atoms with Gasteiger partial charge < -0.3 is 18.8 Å². The van der Waals surface area contributed by atoms with E-state index in [2.05, 4.69) is 16.0 Å². The lowest BCUT2D eigenvalue weighted by Gasteiger charge is -2.11. The number of alkyl halides is 1. The highest BCUT2D eigenvalue weighted by atomic mass is 35.5. The Morgan fingerprint density at radius 1 is 1.16 bits per heavy atom. The zero-order chi connectivity index (χ0) is 22.2. The third-order valence-corrected chi connectivity index (χ3v) is 4.89. The summed E-state index contributed by atoms with van der Waals surface area (Å²) in [5.74, 6) is 0.965. The first-order valence-corrected chi connectivity index (χ1v) is 10.4. The number of anilines is 1. The number of nitriles is 1. The normalized spacial score (nSPS) is 10.6. The Labute approximate surface area is 186 Å². The maximum Gasteiger partial charge on any atom is 0.411 e. The first-order valence-electron chi connectivity index (χ1n) is 9.91. The lowest BCUT2D eigenvalue weighted by molar-refractivity contribution is 0.146. The van der Waals surface area contributed by atoms with Crippen molar-refractivity contribution in [2.45, 2.75) is 13.5 Å². The van der Waals surface area contributed by atoms with Crippen LogP contribution in [0.5, 0.6) is 5.75 Å². The smallest absolute Gasteiger partial charge is 0.411 e. The fourth-order valence-electron chi connectivity index (χ4n) is 3.40. The number of ether oxygens (including phenoxy) is 3. The number of aryl methyl sites for hydroxylation is 1. The SMILES string of the molecule is CCn1c(-c2ccc(NC(=O)OCCCl)cc2)c(C#N)c2ccc(OCCOC)cc21. The molecule has 0 unspecified atom stereocenters. The van der Waals surface area contributed by atoms with E-state index >= 15 is 0 Å². The van der Waals surface area contributed by atoms with Crippen LogP contribution >= 0.6 is 11.6 Å². The average Bonchev–Trinajstić information content (AvgIpc) is 3.11. The highest BCUT2D eigenvalue weighted by molar-refractivity contribution is 6.18. The summed E-state index contributed by atoms with van der Waals surface area (Å²) in [4.78, 5) is 11.7. The number of benzene rings is 2. The van der Waals surface area contributed by atoms with Crippen molar-refractivity contribution in [1.82, 2.24) is 4.57 Å². The van der Waals surface area contributed by atoms with E-state index in [1.807, 2.05) is 37.3 Å². The van der Waals surface area contributed by atoms with Gasteiger partial charge in [-0.2, -0.15) is 5.26 Å². The fourth-order valence-corrected chi connectivity index (χ4v) is 3.48. The molecule has 0 fully saturated rings. The molecule has 0 saturated carbocycles. The molecule has 162 valence electrons. The number of nitrogens with zero attached hydrogens (tertiary/aromatic N) is 2. The molecule has 0 spiro atoms. The first-order chi connectivity index (χ1) is 15.1. The zero-order valence-electron chi connectivity index (χ0n) is 17.5. The number of hydrogen-bond donors (Lipinski definition) is 1. The molecule has 0 radical (unpaired) electrons. The second-order valence-corrected chi connectivity index (χ2v) is 7.01. The third-order valence-electron chi connectivity index (χ3n) is 4.74. The molecule has 0 atom stereocenters. The maximum absolute atomic E-state index is 11.7. The molecular weight excluding hydrogens is 418 g/mol. The van der Waals surface area contributed by atoms with E-state index in [1.165, 1.54) is 0 Å². The number of fused-ring (bicyclic) bond motifs is 1. The molecule has 8 heteroatoms. The van der Waals surface area contributed by atoms with Crippen molar-refractivity contribution in [2.24, 2.45) is 0 Å². The van der Waals surface area contributed by atoms with Gasteiger partial charge in [-0.25, -0.2) is 4.79 Å². The molecule has 2 aromatic carbocycles. The predicted octanol–water partition coefficient (Wildman–Crippen LogP) is 5.01. The summed E-state index contributed by atoms with van der Waals surface area (Å²) in [6.45, 7) is 3.81. The monoisotopic (exact) mass is 441 g/mol. The van der Waals surface area contributed by atoms with E-state index < -0.39 is 6.09 Å². The number of halogens is 1. The van der Waals surface area contributed by atoms with Gasteiger partial charge in [0.2, 0.25) is 0 Å². The van der Waals surface area contributed by atoms with Gasteiger partial charge in [-0.05, 0) is 36.8 Å². The minimum atomic E-state index is -0.560. The van der Waals surface area contributed by atoms with Crippen molar-refractivity contribution >= 4 is 34.3 Å². The summed E-state index contributed by atoms with van der Waals surface area (Å²) >= 11 is 5.52. The summed E-state index contributed by atoms with van der Waals surface area (Å²) in [6, 6.07) is 15.4. The number of aromatic nitrogens is 1. The van der Waals surface area contributed by atoms with Crippen molar-refractivity contribution in [3.05, 3.63) is 48.0 Å². The number of carbonyl (C=O) groups is 1. The standard InChI is InChI=1S/C23H24ClN3O4/c1-3-27-21-14-18(30-13-12-29-2)8-9-19(21)20(15-25)22(27)16-4-6-17(7-5-16)26-23(28)31-11-10-24/h4-9,14H,3,10-13H2,1-2H3,(H,26,28). The molecule has 3 aromatic rings. The molecule has 0 aliphatic rings. The lowest BCUT2D eigenvalue weighted by atomic mass is 10.1. The summed E-state index contributed by atoms with van der Waals surface area (Å²) in [5, 5.41) is 13.4. The molecule has 1 heterocycles. The molecule has 1 N–H and O–H groups in total. The maximum atomic E-state index is 11.7. The van der Waals surface area contributed by atoms with E-state index in [1.54, 1.807) is 19.2 Å². The van der Waals surface area contributed by atoms with E-state index in [0.717, 1.165) is 27.9 Å². The van der Waals surface area contributed by atoms with Crippen LogP contribution in [0.4, 0.5) is 10.5 Å². The second kappa shape index (κ2) is 10.7. The number of amides is 1. The molecule has 0 saturated heterocycles. The van der Waals surface area contributed by atoms with Crippen LogP contribution in [-0.4, -0.2) is 43.5 Å². The quantitative estimate of drug-likeness (QED) is 0.372. The van der Waals surface area contributed by atoms with Gasteiger partial charge in [0.25, 0.3) is 0 Å². The minimum absolute atomic E-state index is 0.144. The van der Waals surface area contributed by atoms with Crippen molar-refractivity contribution < 1.29 is 19.0 Å². The predicted molar refractivity (Wildman–Crippen MR) is 121 cm³/mol. The van der Waals surface area contributed by atoms with Gasteiger partial charge in [-0.15, -0.1) is 11.6 Å². The Morgan fingerprint density at radius 3 is 2.58 bits per heavy atom. The number of carbonyl (C=O) groups excluding carboxylic acids is 1. The number of nitrogens with one attached hydrogen (secondary N) is 1. The number of methoxy groups -OCH3 is 1. The van der Waals surface area contributed by atoms with Gasteiger partial charge in [0.15, 0.2) is 0 Å². The second-order valence-electron chi connectivity index (χ2n) is 6.63. The van der Waals surface area contributed by atoms with Crippen molar-refractivity contribution in [2.75, 3.05) is 38.1 Å². The van der Waals surface area contributed by atoms with Gasteiger partial charge in [0.05, 0.1) is 29.3 Å². The summed E-state index contributed by atoms with van der Waals surface area (Å²) < 4.78 is 17.8. The van der Waals surface area contributed by atoms with Gasteiger partial charge >= 0.3 is 6.09 Å². The Balaban J connectivity index is 1.95. The average molecular weight is 442 g/mol. The van der Waals surface area contributed by atoms with Crippen LogP contribution in [-0.2, 0) is 16.0 Å². The molecule has 0 bridgehead atoms. The van der Waals surface area contributed by atoms with Crippen LogP contribution in [0, 0.1) is 11.3 Å². The van der Waals surface area contributed by atoms with Crippen LogP contribution in [0.1, 0.15) is 12.5 Å². The highest BCUT2D eigenvalue weighted by Gasteiger charge is 2.18. The highest BCUT2D eigenvalue weighted by Crippen LogP contribution is 2.35. The van der Waals surface area contributed by atoms with E-state index in [0.29, 0.717) is 31.0 Å². The topological polar surface area (TPSA) is 85.5 Å². The zero-order valence-corrected chi connectivity index (χ0v) is 18.2. The largest absolute Gasteiger partial charge is 0.491 e. The van der Waals surface area contributed by atoms with E-state index in [4.69, 9.17) is 25.8 Å².